The van der Waals surface area contributed by atoms with Crippen LogP contribution < -0.4 is 15.1 Å². The van der Waals surface area contributed by atoms with E-state index in [4.69, 9.17) is 17.0 Å². The minimum atomic E-state index is -0.111. The summed E-state index contributed by atoms with van der Waals surface area (Å²) in [5.74, 6) is 1.86. The minimum absolute atomic E-state index is 0.111. The lowest BCUT2D eigenvalue weighted by Gasteiger charge is -2.25. The number of anilines is 1. The van der Waals surface area contributed by atoms with Crippen molar-refractivity contribution in [2.24, 2.45) is 5.10 Å². The molecule has 2 aromatic rings. The Morgan fingerprint density at radius 1 is 1.16 bits per heavy atom. The maximum absolute atomic E-state index is 5.96. The molecule has 1 aliphatic heterocycles. The first-order valence-electron chi connectivity index (χ1n) is 8.66. The van der Waals surface area contributed by atoms with Crippen molar-refractivity contribution in [1.29, 1.82) is 0 Å². The lowest BCUT2D eigenvalue weighted by molar-refractivity contribution is 0.307. The summed E-state index contributed by atoms with van der Waals surface area (Å²) in [6.07, 6.45) is 2.75. The van der Waals surface area contributed by atoms with E-state index in [2.05, 4.69) is 40.5 Å². The Labute approximate surface area is 154 Å². The molecule has 0 amide bonds. The Balaban J connectivity index is 1.81. The number of ether oxygens (including phenoxy) is 1. The van der Waals surface area contributed by atoms with Crippen molar-refractivity contribution >= 4 is 29.1 Å². The molecule has 0 fully saturated rings. The van der Waals surface area contributed by atoms with Gasteiger partial charge in [0, 0.05) is 23.0 Å². The van der Waals surface area contributed by atoms with E-state index < -0.39 is 0 Å². The predicted molar refractivity (Wildman–Crippen MR) is 107 cm³/mol. The fraction of sp³-hybridized carbons (Fsp3) is 0.300. The summed E-state index contributed by atoms with van der Waals surface area (Å²) in [5.41, 5.74) is 5.31. The van der Waals surface area contributed by atoms with Crippen molar-refractivity contribution in [3.8, 4) is 5.75 Å². The molecule has 1 N–H and O–H groups in total. The van der Waals surface area contributed by atoms with Gasteiger partial charge in [-0.3, -0.25) is 5.43 Å². The van der Waals surface area contributed by atoms with Crippen molar-refractivity contribution < 1.29 is 4.74 Å². The average molecular weight is 353 g/mol. The molecule has 130 valence electrons. The Hall–Kier alpha value is -2.40. The summed E-state index contributed by atoms with van der Waals surface area (Å²) in [4.78, 5) is 2.13. The highest BCUT2D eigenvalue weighted by molar-refractivity contribution is 7.79. The topological polar surface area (TPSA) is 36.9 Å². The third-order valence-corrected chi connectivity index (χ3v) is 4.38. The van der Waals surface area contributed by atoms with Gasteiger partial charge in [-0.25, -0.2) is 0 Å². The third kappa shape index (κ3) is 4.17. The highest BCUT2D eigenvalue weighted by Gasteiger charge is 2.27. The third-order valence-electron chi connectivity index (χ3n) is 4.12. The largest absolute Gasteiger partial charge is 0.493 e. The number of nitrogens with one attached hydrogen (secondary N) is 1. The van der Waals surface area contributed by atoms with Crippen LogP contribution in [0.3, 0.4) is 0 Å². The number of amidine groups is 1. The van der Waals surface area contributed by atoms with Crippen molar-refractivity contribution in [3.63, 3.8) is 0 Å². The van der Waals surface area contributed by atoms with Crippen LogP contribution in [0.25, 0.3) is 0 Å². The second kappa shape index (κ2) is 8.62. The van der Waals surface area contributed by atoms with Gasteiger partial charge < -0.3 is 9.64 Å². The number of thiocarbonyl (C=S) groups is 1. The first-order valence-corrected chi connectivity index (χ1v) is 9.13. The van der Waals surface area contributed by atoms with Crippen LogP contribution in [0.5, 0.6) is 5.75 Å². The second-order valence-electron chi connectivity index (χ2n) is 5.93. The Bertz CT molecular complexity index is 733. The number of nitrogens with zero attached hydrogens (tertiary/aromatic N) is 2. The van der Waals surface area contributed by atoms with Crippen LogP contribution in [0, 0.1) is 0 Å². The molecule has 2 aromatic carbocycles. The molecular formula is C20H23N3OS. The lowest BCUT2D eigenvalue weighted by atomic mass is 10.1. The van der Waals surface area contributed by atoms with Crippen LogP contribution in [0.15, 0.2) is 59.7 Å². The zero-order chi connectivity index (χ0) is 17.5. The van der Waals surface area contributed by atoms with Crippen LogP contribution in [-0.4, -0.2) is 24.0 Å². The molecule has 0 radical (unpaired) electrons. The van der Waals surface area contributed by atoms with E-state index in [1.165, 1.54) is 0 Å². The molecule has 0 bridgehead atoms. The summed E-state index contributed by atoms with van der Waals surface area (Å²) in [6.45, 7) is 2.90. The SMILES string of the molecule is CCCCOc1ccccc1CC1=NNC(C=S)N1c1ccccc1. The maximum atomic E-state index is 5.96. The van der Waals surface area contributed by atoms with Gasteiger partial charge >= 0.3 is 0 Å². The molecule has 0 saturated heterocycles. The fourth-order valence-corrected chi connectivity index (χ4v) is 3.00. The molecular weight excluding hydrogens is 330 g/mol. The van der Waals surface area contributed by atoms with Gasteiger partial charge in [-0.1, -0.05) is 62.0 Å². The number of hydrogen-bond donors (Lipinski definition) is 1. The number of para-hydroxylation sites is 2. The quantitative estimate of drug-likeness (QED) is 0.571. The minimum Gasteiger partial charge on any atom is -0.493 e. The van der Waals surface area contributed by atoms with Gasteiger partial charge in [0.05, 0.1) is 6.61 Å². The van der Waals surface area contributed by atoms with Gasteiger partial charge in [0.15, 0.2) is 0 Å². The van der Waals surface area contributed by atoms with Gasteiger partial charge in [0.1, 0.15) is 17.8 Å². The van der Waals surface area contributed by atoms with E-state index in [9.17, 15) is 0 Å². The number of hydrogen-bond acceptors (Lipinski definition) is 5. The van der Waals surface area contributed by atoms with E-state index in [1.54, 1.807) is 5.37 Å². The molecule has 0 saturated carbocycles. The molecule has 5 heteroatoms. The molecule has 4 nitrogen and oxygen atoms in total. The summed E-state index contributed by atoms with van der Waals surface area (Å²) < 4.78 is 5.96. The Morgan fingerprint density at radius 2 is 1.92 bits per heavy atom. The van der Waals surface area contributed by atoms with Gasteiger partial charge in [0.2, 0.25) is 0 Å². The van der Waals surface area contributed by atoms with Crippen molar-refractivity contribution in [3.05, 3.63) is 60.2 Å². The average Bonchev–Trinajstić information content (AvgIpc) is 3.06. The van der Waals surface area contributed by atoms with E-state index >= 15 is 0 Å². The monoisotopic (exact) mass is 353 g/mol. The van der Waals surface area contributed by atoms with Crippen molar-refractivity contribution in [1.82, 2.24) is 5.43 Å². The zero-order valence-electron chi connectivity index (χ0n) is 14.4. The van der Waals surface area contributed by atoms with Crippen LogP contribution in [0.1, 0.15) is 25.3 Å². The van der Waals surface area contributed by atoms with Gasteiger partial charge in [-0.05, 0) is 24.6 Å². The van der Waals surface area contributed by atoms with Crippen molar-refractivity contribution in [2.45, 2.75) is 32.4 Å². The Morgan fingerprint density at radius 3 is 2.68 bits per heavy atom. The summed E-state index contributed by atoms with van der Waals surface area (Å²) in [5, 5.41) is 6.22. The number of unbranched alkanes of at least 4 members (excludes halogenated alkanes) is 1. The molecule has 0 aromatic heterocycles. The van der Waals surface area contributed by atoms with Crippen LogP contribution >= 0.6 is 12.2 Å². The first-order chi connectivity index (χ1) is 12.3. The summed E-state index contributed by atoms with van der Waals surface area (Å²) in [6, 6.07) is 18.3. The second-order valence-corrected chi connectivity index (χ2v) is 6.20. The lowest BCUT2D eigenvalue weighted by Crippen LogP contribution is -2.41. The molecule has 1 heterocycles. The molecule has 1 unspecified atom stereocenters. The van der Waals surface area contributed by atoms with Gasteiger partial charge in [0.25, 0.3) is 0 Å². The number of hydrazone groups is 1. The van der Waals surface area contributed by atoms with Gasteiger partial charge in [-0.15, -0.1) is 0 Å². The molecule has 1 aliphatic rings. The standard InChI is InChI=1S/C20H23N3OS/c1-2-3-13-24-18-12-8-7-9-16(18)14-19-21-22-20(15-25)23(19)17-10-5-4-6-11-17/h4-12,15,20,22H,2-3,13-14H2,1H3. The summed E-state index contributed by atoms with van der Waals surface area (Å²) >= 11 is 5.18. The molecule has 1 atom stereocenters. The zero-order valence-corrected chi connectivity index (χ0v) is 15.2. The first kappa shape index (κ1) is 17.4. The highest BCUT2D eigenvalue weighted by Crippen LogP contribution is 2.24. The van der Waals surface area contributed by atoms with E-state index in [0.717, 1.165) is 42.3 Å². The molecule has 0 aliphatic carbocycles. The maximum Gasteiger partial charge on any atom is 0.150 e. The predicted octanol–water partition coefficient (Wildman–Crippen LogP) is 4.16. The Kier molecular flexibility index (Phi) is 6.01. The molecule has 3 rings (SSSR count). The van der Waals surface area contributed by atoms with E-state index in [1.807, 2.05) is 36.4 Å². The fourth-order valence-electron chi connectivity index (χ4n) is 2.81. The van der Waals surface area contributed by atoms with Crippen LogP contribution in [0.2, 0.25) is 0 Å². The van der Waals surface area contributed by atoms with E-state index in [0.29, 0.717) is 6.42 Å². The van der Waals surface area contributed by atoms with Gasteiger partial charge in [-0.2, -0.15) is 5.10 Å². The van der Waals surface area contributed by atoms with E-state index in [-0.39, 0.29) is 6.17 Å². The smallest absolute Gasteiger partial charge is 0.150 e. The number of rotatable bonds is 8. The highest BCUT2D eigenvalue weighted by atomic mass is 32.1. The normalized spacial score (nSPS) is 16.3. The number of benzene rings is 2. The van der Waals surface area contributed by atoms with Crippen molar-refractivity contribution in [2.75, 3.05) is 11.5 Å². The van der Waals surface area contributed by atoms with Crippen LogP contribution in [0.4, 0.5) is 5.69 Å². The molecule has 25 heavy (non-hydrogen) atoms. The van der Waals surface area contributed by atoms with Crippen LogP contribution in [-0.2, 0) is 6.42 Å². The molecule has 0 spiro atoms. The summed E-state index contributed by atoms with van der Waals surface area (Å²) in [7, 11) is 0.